The van der Waals surface area contributed by atoms with Crippen molar-refractivity contribution in [2.24, 2.45) is 0 Å². The van der Waals surface area contributed by atoms with E-state index in [1.807, 2.05) is 78.9 Å². The largest absolute Gasteiger partial charge is 0.431 e. The number of amides is 1. The van der Waals surface area contributed by atoms with Gasteiger partial charge in [0.25, 0.3) is 11.1 Å². The molecule has 1 heterocycles. The van der Waals surface area contributed by atoms with E-state index < -0.39 is 0 Å². The second kappa shape index (κ2) is 9.98. The summed E-state index contributed by atoms with van der Waals surface area (Å²) < 4.78 is 5.76. The Labute approximate surface area is 179 Å². The molecular weight excluding hydrogens is 394 g/mol. The molecule has 3 aromatic carbocycles. The zero-order valence-corrected chi connectivity index (χ0v) is 17.3. The second-order valence-electron chi connectivity index (χ2n) is 6.80. The number of anilines is 1. The van der Waals surface area contributed by atoms with E-state index in [0.717, 1.165) is 35.3 Å². The number of oxazole rings is 1. The van der Waals surface area contributed by atoms with Crippen LogP contribution in [-0.4, -0.2) is 24.0 Å². The van der Waals surface area contributed by atoms with Gasteiger partial charge in [0.2, 0.25) is 0 Å². The normalized spacial score (nSPS) is 10.8. The van der Waals surface area contributed by atoms with E-state index in [1.165, 1.54) is 11.8 Å². The first-order valence-electron chi connectivity index (χ1n) is 9.93. The minimum absolute atomic E-state index is 0.0523. The lowest BCUT2D eigenvalue weighted by molar-refractivity contribution is 0.0953. The zero-order chi connectivity index (χ0) is 20.6. The summed E-state index contributed by atoms with van der Waals surface area (Å²) in [4.78, 5) is 17.2. The van der Waals surface area contributed by atoms with Crippen LogP contribution in [0.4, 0.5) is 5.69 Å². The van der Waals surface area contributed by atoms with Crippen molar-refractivity contribution in [2.75, 3.05) is 18.4 Å². The molecule has 0 aliphatic carbocycles. The first-order chi connectivity index (χ1) is 14.8. The van der Waals surface area contributed by atoms with E-state index in [4.69, 9.17) is 4.42 Å². The molecule has 1 aromatic heterocycles. The fourth-order valence-corrected chi connectivity index (χ4v) is 3.94. The lowest BCUT2D eigenvalue weighted by atomic mass is 10.1. The Balaban J connectivity index is 1.29. The first kappa shape index (κ1) is 20.0. The van der Waals surface area contributed by atoms with E-state index in [0.29, 0.717) is 23.1 Å². The Hall–Kier alpha value is -3.25. The molecule has 5 nitrogen and oxygen atoms in total. The summed E-state index contributed by atoms with van der Waals surface area (Å²) in [6.07, 6.45) is 0.848. The number of nitrogens with zero attached hydrogens (tertiary/aromatic N) is 1. The zero-order valence-electron chi connectivity index (χ0n) is 16.5. The molecule has 0 fully saturated rings. The third kappa shape index (κ3) is 5.21. The van der Waals surface area contributed by atoms with Crippen LogP contribution in [0.5, 0.6) is 0 Å². The van der Waals surface area contributed by atoms with Gasteiger partial charge in [-0.3, -0.25) is 4.79 Å². The van der Waals surface area contributed by atoms with E-state index in [2.05, 4.69) is 15.6 Å². The molecule has 0 aliphatic heterocycles. The predicted octanol–water partition coefficient (Wildman–Crippen LogP) is 5.35. The van der Waals surface area contributed by atoms with Gasteiger partial charge in [-0.05, 0) is 42.3 Å². The highest BCUT2D eigenvalue weighted by Crippen LogP contribution is 2.27. The van der Waals surface area contributed by atoms with Gasteiger partial charge in [0.1, 0.15) is 5.52 Å². The van der Waals surface area contributed by atoms with Crippen LogP contribution in [0.2, 0.25) is 0 Å². The van der Waals surface area contributed by atoms with Gasteiger partial charge in [-0.2, -0.15) is 0 Å². The van der Waals surface area contributed by atoms with Crippen LogP contribution in [0.1, 0.15) is 22.3 Å². The molecule has 0 unspecified atom stereocenters. The van der Waals surface area contributed by atoms with Gasteiger partial charge < -0.3 is 15.1 Å². The SMILES string of the molecule is O=C(NCCCNc1ccccc1)c1ccccc1CSc1nc2ccccc2o1. The van der Waals surface area contributed by atoms with Crippen LogP contribution in [0.25, 0.3) is 11.1 Å². The van der Waals surface area contributed by atoms with E-state index in [9.17, 15) is 4.79 Å². The van der Waals surface area contributed by atoms with Crippen molar-refractivity contribution in [1.29, 1.82) is 0 Å². The Bertz CT molecular complexity index is 1080. The number of benzene rings is 3. The van der Waals surface area contributed by atoms with Crippen LogP contribution >= 0.6 is 11.8 Å². The van der Waals surface area contributed by atoms with Crippen LogP contribution in [-0.2, 0) is 5.75 Å². The van der Waals surface area contributed by atoms with Crippen molar-refractivity contribution >= 4 is 34.5 Å². The summed E-state index contributed by atoms with van der Waals surface area (Å²) in [5.74, 6) is 0.565. The van der Waals surface area contributed by atoms with Gasteiger partial charge in [-0.1, -0.05) is 60.3 Å². The molecule has 30 heavy (non-hydrogen) atoms. The molecule has 0 bridgehead atoms. The maximum absolute atomic E-state index is 12.7. The molecule has 0 saturated heterocycles. The van der Waals surface area contributed by atoms with Gasteiger partial charge in [-0.25, -0.2) is 4.98 Å². The van der Waals surface area contributed by atoms with E-state index in [-0.39, 0.29) is 5.91 Å². The number of hydrogen-bond acceptors (Lipinski definition) is 5. The predicted molar refractivity (Wildman–Crippen MR) is 122 cm³/mol. The molecule has 4 aromatic rings. The van der Waals surface area contributed by atoms with Crippen LogP contribution in [0.15, 0.2) is 88.5 Å². The van der Waals surface area contributed by atoms with Crippen molar-refractivity contribution in [3.63, 3.8) is 0 Å². The van der Waals surface area contributed by atoms with Crippen LogP contribution < -0.4 is 10.6 Å². The molecule has 2 N–H and O–H groups in total. The van der Waals surface area contributed by atoms with Gasteiger partial charge in [0, 0.05) is 30.1 Å². The number of para-hydroxylation sites is 3. The average Bonchev–Trinajstić information content (AvgIpc) is 3.21. The summed E-state index contributed by atoms with van der Waals surface area (Å²) in [5.41, 5.74) is 4.36. The molecule has 0 saturated carbocycles. The van der Waals surface area contributed by atoms with E-state index in [1.54, 1.807) is 0 Å². The smallest absolute Gasteiger partial charge is 0.257 e. The number of aromatic nitrogens is 1. The van der Waals surface area contributed by atoms with Crippen molar-refractivity contribution in [2.45, 2.75) is 17.4 Å². The summed E-state index contributed by atoms with van der Waals surface area (Å²) in [6.45, 7) is 1.42. The minimum atomic E-state index is -0.0523. The summed E-state index contributed by atoms with van der Waals surface area (Å²) in [6, 6.07) is 25.4. The Morgan fingerprint density at radius 2 is 1.67 bits per heavy atom. The van der Waals surface area contributed by atoms with Crippen molar-refractivity contribution < 1.29 is 9.21 Å². The summed E-state index contributed by atoms with van der Waals surface area (Å²) in [7, 11) is 0. The number of nitrogens with one attached hydrogen (secondary N) is 2. The highest BCUT2D eigenvalue weighted by atomic mass is 32.2. The Morgan fingerprint density at radius 1 is 0.900 bits per heavy atom. The quantitative estimate of drug-likeness (QED) is 0.284. The average molecular weight is 418 g/mol. The topological polar surface area (TPSA) is 67.2 Å². The first-order valence-corrected chi connectivity index (χ1v) is 10.9. The number of rotatable bonds is 9. The van der Waals surface area contributed by atoms with Crippen molar-refractivity contribution in [3.05, 3.63) is 90.0 Å². The van der Waals surface area contributed by atoms with E-state index >= 15 is 0 Å². The molecule has 6 heteroatoms. The third-order valence-electron chi connectivity index (χ3n) is 4.63. The van der Waals surface area contributed by atoms with Gasteiger partial charge in [0.05, 0.1) is 0 Å². The Morgan fingerprint density at radius 3 is 2.53 bits per heavy atom. The fourth-order valence-electron chi connectivity index (χ4n) is 3.09. The molecule has 152 valence electrons. The molecule has 4 rings (SSSR count). The highest BCUT2D eigenvalue weighted by molar-refractivity contribution is 7.98. The standard InChI is InChI=1S/C24H23N3O2S/c28-23(26-16-8-15-25-19-10-2-1-3-11-19)20-12-5-4-9-18(20)17-30-24-27-21-13-6-7-14-22(21)29-24/h1-7,9-14,25H,8,15-17H2,(H,26,28). The van der Waals surface area contributed by atoms with Crippen molar-refractivity contribution in [3.8, 4) is 0 Å². The van der Waals surface area contributed by atoms with Crippen LogP contribution in [0.3, 0.4) is 0 Å². The second-order valence-corrected chi connectivity index (χ2v) is 7.72. The fraction of sp³-hybridized carbons (Fsp3) is 0.167. The number of hydrogen-bond donors (Lipinski definition) is 2. The lowest BCUT2D eigenvalue weighted by Crippen LogP contribution is -2.26. The lowest BCUT2D eigenvalue weighted by Gasteiger charge is -2.10. The third-order valence-corrected chi connectivity index (χ3v) is 5.51. The van der Waals surface area contributed by atoms with Crippen LogP contribution in [0, 0.1) is 0 Å². The number of carbonyl (C=O) groups is 1. The molecule has 0 radical (unpaired) electrons. The number of thioether (sulfide) groups is 1. The minimum Gasteiger partial charge on any atom is -0.431 e. The van der Waals surface area contributed by atoms with Gasteiger partial charge in [-0.15, -0.1) is 0 Å². The molecule has 0 aliphatic rings. The van der Waals surface area contributed by atoms with Gasteiger partial charge >= 0.3 is 0 Å². The van der Waals surface area contributed by atoms with Gasteiger partial charge in [0.15, 0.2) is 5.58 Å². The number of fused-ring (bicyclic) bond motifs is 1. The van der Waals surface area contributed by atoms with Crippen molar-refractivity contribution in [1.82, 2.24) is 10.3 Å². The maximum Gasteiger partial charge on any atom is 0.257 e. The number of carbonyl (C=O) groups excluding carboxylic acids is 1. The molecular formula is C24H23N3O2S. The Kier molecular flexibility index (Phi) is 6.67. The summed E-state index contributed by atoms with van der Waals surface area (Å²) >= 11 is 1.49. The molecule has 1 amide bonds. The molecule has 0 spiro atoms. The molecule has 0 atom stereocenters. The monoisotopic (exact) mass is 417 g/mol. The highest BCUT2D eigenvalue weighted by Gasteiger charge is 2.12. The summed E-state index contributed by atoms with van der Waals surface area (Å²) in [5, 5.41) is 6.97. The maximum atomic E-state index is 12.7.